The molecule has 1 aromatic carbocycles. The highest BCUT2D eigenvalue weighted by atomic mass is 79.9. The number of halogens is 1. The third-order valence-corrected chi connectivity index (χ3v) is 2.84. The van der Waals surface area contributed by atoms with Crippen LogP contribution in [0.15, 0.2) is 22.7 Å². The number of nitriles is 1. The zero-order valence-corrected chi connectivity index (χ0v) is 10.0. The van der Waals surface area contributed by atoms with Gasteiger partial charge in [0.1, 0.15) is 6.07 Å². The van der Waals surface area contributed by atoms with E-state index in [1.807, 2.05) is 0 Å². The van der Waals surface area contributed by atoms with Crippen LogP contribution in [0.5, 0.6) is 0 Å². The van der Waals surface area contributed by atoms with Gasteiger partial charge < -0.3 is 4.74 Å². The van der Waals surface area contributed by atoms with E-state index in [2.05, 4.69) is 22.0 Å². The fraction of sp³-hybridized carbons (Fsp3) is 0.273. The quantitative estimate of drug-likeness (QED) is 0.795. The molecule has 1 aliphatic rings. The van der Waals surface area contributed by atoms with Crippen molar-refractivity contribution in [3.63, 3.8) is 0 Å². The Morgan fingerprint density at radius 1 is 1.50 bits per heavy atom. The van der Waals surface area contributed by atoms with Crippen molar-refractivity contribution in [2.75, 3.05) is 18.1 Å². The van der Waals surface area contributed by atoms with Crippen molar-refractivity contribution in [2.24, 2.45) is 0 Å². The van der Waals surface area contributed by atoms with Crippen molar-refractivity contribution in [3.8, 4) is 6.07 Å². The largest absolute Gasteiger partial charge is 0.449 e. The van der Waals surface area contributed by atoms with Crippen LogP contribution >= 0.6 is 15.9 Å². The van der Waals surface area contributed by atoms with Crippen LogP contribution in [0.4, 0.5) is 10.5 Å². The predicted molar refractivity (Wildman–Crippen MR) is 62.2 cm³/mol. The molecule has 0 bridgehead atoms. The van der Waals surface area contributed by atoms with Gasteiger partial charge in [0.05, 0.1) is 17.9 Å². The van der Waals surface area contributed by atoms with E-state index in [9.17, 15) is 4.79 Å². The van der Waals surface area contributed by atoms with Crippen molar-refractivity contribution >= 4 is 27.7 Å². The van der Waals surface area contributed by atoms with Gasteiger partial charge in [-0.3, -0.25) is 4.90 Å². The topological polar surface area (TPSA) is 53.3 Å². The van der Waals surface area contributed by atoms with Crippen molar-refractivity contribution in [2.45, 2.75) is 6.42 Å². The van der Waals surface area contributed by atoms with Gasteiger partial charge >= 0.3 is 6.09 Å². The minimum atomic E-state index is -0.384. The number of carbonyl (C=O) groups is 1. The van der Waals surface area contributed by atoms with Crippen LogP contribution in [0, 0.1) is 11.3 Å². The van der Waals surface area contributed by atoms with Crippen LogP contribution in [0.3, 0.4) is 0 Å². The van der Waals surface area contributed by atoms with Gasteiger partial charge in [0.2, 0.25) is 0 Å². The van der Waals surface area contributed by atoms with Gasteiger partial charge in [-0.25, -0.2) is 4.79 Å². The lowest BCUT2D eigenvalue weighted by Crippen LogP contribution is -2.38. The molecule has 1 amide bonds. The lowest BCUT2D eigenvalue weighted by Gasteiger charge is -2.27. The zero-order valence-electron chi connectivity index (χ0n) is 8.44. The van der Waals surface area contributed by atoms with Gasteiger partial charge in [-0.2, -0.15) is 5.26 Å². The molecule has 0 aromatic heterocycles. The summed E-state index contributed by atoms with van der Waals surface area (Å²) in [7, 11) is 0. The molecule has 1 aliphatic heterocycles. The molecule has 4 nitrogen and oxygen atoms in total. The van der Waals surface area contributed by atoms with Gasteiger partial charge in [0, 0.05) is 11.0 Å². The molecule has 0 unspecified atom stereocenters. The van der Waals surface area contributed by atoms with E-state index in [1.54, 1.807) is 18.2 Å². The SMILES string of the molecule is N#Cc1cc(Br)ccc1N1CCCOC1=O. The number of carbonyl (C=O) groups excluding carboxylic acids is 1. The molecule has 0 spiro atoms. The minimum absolute atomic E-state index is 0.384. The molecule has 0 atom stereocenters. The molecule has 2 rings (SSSR count). The second-order valence-corrected chi connectivity index (χ2v) is 4.31. The summed E-state index contributed by atoms with van der Waals surface area (Å²) in [5, 5.41) is 9.01. The summed E-state index contributed by atoms with van der Waals surface area (Å²) in [4.78, 5) is 13.0. The highest BCUT2D eigenvalue weighted by Gasteiger charge is 2.23. The maximum atomic E-state index is 11.5. The second kappa shape index (κ2) is 4.54. The first-order chi connectivity index (χ1) is 7.72. The standard InChI is InChI=1S/C11H9BrN2O2/c12-9-2-3-10(8(6-9)7-13)14-4-1-5-16-11(14)15/h2-3,6H,1,4-5H2. The molecular weight excluding hydrogens is 272 g/mol. The predicted octanol–water partition coefficient (Wildman–Crippen LogP) is 2.67. The molecule has 0 saturated carbocycles. The Morgan fingerprint density at radius 2 is 2.31 bits per heavy atom. The Hall–Kier alpha value is -1.54. The van der Waals surface area contributed by atoms with E-state index in [4.69, 9.17) is 10.00 Å². The van der Waals surface area contributed by atoms with Crippen LogP contribution in [0.2, 0.25) is 0 Å². The Kier molecular flexibility index (Phi) is 3.11. The third kappa shape index (κ3) is 2.02. The number of rotatable bonds is 1. The zero-order chi connectivity index (χ0) is 11.5. The van der Waals surface area contributed by atoms with E-state index in [1.165, 1.54) is 4.90 Å². The Balaban J connectivity index is 2.39. The molecular formula is C11H9BrN2O2. The van der Waals surface area contributed by atoms with Crippen molar-refractivity contribution in [3.05, 3.63) is 28.2 Å². The Morgan fingerprint density at radius 3 is 3.00 bits per heavy atom. The molecule has 1 heterocycles. The van der Waals surface area contributed by atoms with Crippen LogP contribution < -0.4 is 4.90 Å². The molecule has 0 radical (unpaired) electrons. The maximum absolute atomic E-state index is 11.5. The van der Waals surface area contributed by atoms with Gasteiger partial charge in [-0.05, 0) is 24.6 Å². The summed E-state index contributed by atoms with van der Waals surface area (Å²) in [6.07, 6.45) is 0.400. The number of hydrogen-bond acceptors (Lipinski definition) is 3. The minimum Gasteiger partial charge on any atom is -0.449 e. The van der Waals surface area contributed by atoms with Gasteiger partial charge in [-0.1, -0.05) is 15.9 Å². The summed E-state index contributed by atoms with van der Waals surface area (Å²) in [6.45, 7) is 1.04. The monoisotopic (exact) mass is 280 g/mol. The normalized spacial score (nSPS) is 15.5. The molecule has 1 aromatic rings. The van der Waals surface area contributed by atoms with Crippen molar-refractivity contribution in [1.82, 2.24) is 0 Å². The number of nitrogens with zero attached hydrogens (tertiary/aromatic N) is 2. The van der Waals surface area contributed by atoms with Crippen LogP contribution in [0.1, 0.15) is 12.0 Å². The molecule has 1 saturated heterocycles. The average molecular weight is 281 g/mol. The molecule has 0 N–H and O–H groups in total. The first-order valence-electron chi connectivity index (χ1n) is 4.86. The summed E-state index contributed by atoms with van der Waals surface area (Å²) >= 11 is 3.29. The van der Waals surface area contributed by atoms with E-state index in [0.717, 1.165) is 10.9 Å². The van der Waals surface area contributed by atoms with Crippen molar-refractivity contribution in [1.29, 1.82) is 5.26 Å². The third-order valence-electron chi connectivity index (χ3n) is 2.34. The smallest absolute Gasteiger partial charge is 0.414 e. The average Bonchev–Trinajstić information content (AvgIpc) is 2.30. The summed E-state index contributed by atoms with van der Waals surface area (Å²) < 4.78 is 5.76. The molecule has 0 aliphatic carbocycles. The molecule has 5 heteroatoms. The second-order valence-electron chi connectivity index (χ2n) is 3.39. The fourth-order valence-electron chi connectivity index (χ4n) is 1.60. The summed E-state index contributed by atoms with van der Waals surface area (Å²) in [5.74, 6) is 0. The number of hydrogen-bond donors (Lipinski definition) is 0. The van der Waals surface area contributed by atoms with E-state index in [0.29, 0.717) is 24.4 Å². The van der Waals surface area contributed by atoms with E-state index >= 15 is 0 Å². The van der Waals surface area contributed by atoms with E-state index in [-0.39, 0.29) is 6.09 Å². The molecule has 16 heavy (non-hydrogen) atoms. The summed E-state index contributed by atoms with van der Waals surface area (Å²) in [5.41, 5.74) is 1.07. The van der Waals surface area contributed by atoms with Gasteiger partial charge in [0.15, 0.2) is 0 Å². The number of ether oxygens (including phenoxy) is 1. The van der Waals surface area contributed by atoms with Gasteiger partial charge in [-0.15, -0.1) is 0 Å². The highest BCUT2D eigenvalue weighted by molar-refractivity contribution is 9.10. The van der Waals surface area contributed by atoms with E-state index < -0.39 is 0 Å². The van der Waals surface area contributed by atoms with Crippen LogP contribution in [-0.4, -0.2) is 19.2 Å². The first kappa shape index (κ1) is 11.0. The molecule has 82 valence electrons. The number of benzene rings is 1. The fourth-order valence-corrected chi connectivity index (χ4v) is 1.96. The summed E-state index contributed by atoms with van der Waals surface area (Å²) in [6, 6.07) is 7.32. The Labute approximate surface area is 102 Å². The number of cyclic esters (lactones) is 1. The maximum Gasteiger partial charge on any atom is 0.414 e. The van der Waals surface area contributed by atoms with Gasteiger partial charge in [0.25, 0.3) is 0 Å². The highest BCUT2D eigenvalue weighted by Crippen LogP contribution is 2.26. The molecule has 1 fully saturated rings. The Bertz CT molecular complexity index is 468. The van der Waals surface area contributed by atoms with Crippen molar-refractivity contribution < 1.29 is 9.53 Å². The number of anilines is 1. The van der Waals surface area contributed by atoms with Crippen LogP contribution in [0.25, 0.3) is 0 Å². The van der Waals surface area contributed by atoms with Crippen LogP contribution in [-0.2, 0) is 4.74 Å². The number of amides is 1. The lowest BCUT2D eigenvalue weighted by molar-refractivity contribution is 0.140. The lowest BCUT2D eigenvalue weighted by atomic mass is 10.1. The first-order valence-corrected chi connectivity index (χ1v) is 5.65.